The number of rotatable bonds is 5. The quantitative estimate of drug-likeness (QED) is 0.733. The smallest absolute Gasteiger partial charge is 0.319 e. The maximum atomic E-state index is 11.7. The van der Waals surface area contributed by atoms with E-state index in [-0.39, 0.29) is 6.03 Å². The molecular weight excluding hydrogens is 266 g/mol. The molecule has 0 aliphatic heterocycles. The van der Waals surface area contributed by atoms with Gasteiger partial charge >= 0.3 is 6.03 Å². The summed E-state index contributed by atoms with van der Waals surface area (Å²) in [4.78, 5) is 15.8. The van der Waals surface area contributed by atoms with E-state index < -0.39 is 0 Å². The minimum absolute atomic E-state index is 0.312. The molecular formula is C15H15N5O. The third kappa shape index (κ3) is 4.84. The molecule has 106 valence electrons. The van der Waals surface area contributed by atoms with E-state index >= 15 is 0 Å². The van der Waals surface area contributed by atoms with Crippen LogP contribution >= 0.6 is 0 Å². The standard InChI is InChI=1S/C15H15N5O/c16-11-12-4-3-5-13(10-12)20-15(21)19-9-8-18-14-6-1-2-7-17-14/h1-7,10H,8-9H2,(H,17,18)(H2,19,20,21). The van der Waals surface area contributed by atoms with Gasteiger partial charge in [0.05, 0.1) is 11.6 Å². The fourth-order valence-corrected chi connectivity index (χ4v) is 1.68. The first-order valence-corrected chi connectivity index (χ1v) is 6.48. The molecule has 0 unspecified atom stereocenters. The second-order valence-electron chi connectivity index (χ2n) is 4.22. The van der Waals surface area contributed by atoms with Crippen LogP contribution in [0.5, 0.6) is 0 Å². The van der Waals surface area contributed by atoms with Gasteiger partial charge in [0.2, 0.25) is 0 Å². The summed E-state index contributed by atoms with van der Waals surface area (Å²) >= 11 is 0. The number of hydrogen-bond acceptors (Lipinski definition) is 4. The van der Waals surface area contributed by atoms with Crippen molar-refractivity contribution < 1.29 is 4.79 Å². The van der Waals surface area contributed by atoms with Crippen LogP contribution in [0.3, 0.4) is 0 Å². The van der Waals surface area contributed by atoms with Crippen molar-refractivity contribution in [2.24, 2.45) is 0 Å². The Morgan fingerprint density at radius 1 is 1.19 bits per heavy atom. The Balaban J connectivity index is 1.71. The Bertz CT molecular complexity index is 636. The highest BCUT2D eigenvalue weighted by atomic mass is 16.2. The van der Waals surface area contributed by atoms with Crippen molar-refractivity contribution in [1.82, 2.24) is 10.3 Å². The molecule has 0 fully saturated rings. The zero-order chi connectivity index (χ0) is 14.9. The molecule has 2 aromatic rings. The van der Waals surface area contributed by atoms with Crippen molar-refractivity contribution in [2.75, 3.05) is 23.7 Å². The Hall–Kier alpha value is -3.07. The van der Waals surface area contributed by atoms with E-state index in [1.54, 1.807) is 30.5 Å². The number of nitriles is 1. The zero-order valence-corrected chi connectivity index (χ0v) is 11.3. The summed E-state index contributed by atoms with van der Waals surface area (Å²) in [6.07, 6.45) is 1.70. The van der Waals surface area contributed by atoms with Gasteiger partial charge in [0.15, 0.2) is 0 Å². The number of hydrogen-bond donors (Lipinski definition) is 3. The van der Waals surface area contributed by atoms with E-state index in [2.05, 4.69) is 20.9 Å². The van der Waals surface area contributed by atoms with E-state index in [4.69, 9.17) is 5.26 Å². The highest BCUT2D eigenvalue weighted by Crippen LogP contribution is 2.09. The normalized spacial score (nSPS) is 9.48. The summed E-state index contributed by atoms with van der Waals surface area (Å²) in [5.41, 5.74) is 1.09. The number of benzene rings is 1. The fraction of sp³-hybridized carbons (Fsp3) is 0.133. The Morgan fingerprint density at radius 3 is 2.86 bits per heavy atom. The second kappa shape index (κ2) is 7.50. The number of nitrogens with zero attached hydrogens (tertiary/aromatic N) is 2. The van der Waals surface area contributed by atoms with E-state index in [1.807, 2.05) is 24.3 Å². The maximum absolute atomic E-state index is 11.7. The van der Waals surface area contributed by atoms with Crippen LogP contribution in [-0.2, 0) is 0 Å². The molecule has 1 aromatic carbocycles. The number of pyridine rings is 1. The lowest BCUT2D eigenvalue weighted by Crippen LogP contribution is -2.32. The molecule has 0 spiro atoms. The van der Waals surface area contributed by atoms with Crippen LogP contribution in [0, 0.1) is 11.3 Å². The van der Waals surface area contributed by atoms with Crippen molar-refractivity contribution in [1.29, 1.82) is 5.26 Å². The minimum Gasteiger partial charge on any atom is -0.368 e. The predicted molar refractivity (Wildman–Crippen MR) is 80.9 cm³/mol. The number of carbonyl (C=O) groups is 1. The Kier molecular flexibility index (Phi) is 5.12. The van der Waals surface area contributed by atoms with Gasteiger partial charge in [-0.1, -0.05) is 12.1 Å². The van der Waals surface area contributed by atoms with Gasteiger partial charge in [-0.2, -0.15) is 5.26 Å². The SMILES string of the molecule is N#Cc1cccc(NC(=O)NCCNc2ccccn2)c1. The summed E-state index contributed by atoms with van der Waals surface area (Å²) in [5.74, 6) is 0.765. The van der Waals surface area contributed by atoms with E-state index in [0.29, 0.717) is 24.3 Å². The molecule has 6 heteroatoms. The van der Waals surface area contributed by atoms with Gasteiger partial charge in [-0.25, -0.2) is 9.78 Å². The monoisotopic (exact) mass is 281 g/mol. The lowest BCUT2D eigenvalue weighted by atomic mass is 10.2. The van der Waals surface area contributed by atoms with Gasteiger partial charge in [-0.3, -0.25) is 0 Å². The van der Waals surface area contributed by atoms with Crippen LogP contribution in [0.25, 0.3) is 0 Å². The number of amides is 2. The van der Waals surface area contributed by atoms with Gasteiger partial charge in [-0.15, -0.1) is 0 Å². The maximum Gasteiger partial charge on any atom is 0.319 e. The summed E-state index contributed by atoms with van der Waals surface area (Å²) in [6, 6.07) is 14.0. The molecule has 0 bridgehead atoms. The van der Waals surface area contributed by atoms with Crippen molar-refractivity contribution in [3.05, 3.63) is 54.2 Å². The molecule has 3 N–H and O–H groups in total. The zero-order valence-electron chi connectivity index (χ0n) is 11.3. The van der Waals surface area contributed by atoms with Gasteiger partial charge in [-0.05, 0) is 30.3 Å². The molecule has 0 saturated heterocycles. The Labute approximate surface area is 122 Å². The molecule has 21 heavy (non-hydrogen) atoms. The number of anilines is 2. The number of nitrogens with one attached hydrogen (secondary N) is 3. The van der Waals surface area contributed by atoms with E-state index in [0.717, 1.165) is 5.82 Å². The van der Waals surface area contributed by atoms with Gasteiger partial charge < -0.3 is 16.0 Å². The molecule has 6 nitrogen and oxygen atoms in total. The summed E-state index contributed by atoms with van der Waals surface area (Å²) in [5, 5.41) is 17.3. The molecule has 0 saturated carbocycles. The molecule has 0 aliphatic carbocycles. The lowest BCUT2D eigenvalue weighted by molar-refractivity contribution is 0.252. The number of carbonyl (C=O) groups excluding carboxylic acids is 1. The first kappa shape index (κ1) is 14.3. The lowest BCUT2D eigenvalue weighted by Gasteiger charge is -2.09. The fourth-order valence-electron chi connectivity index (χ4n) is 1.68. The molecule has 1 aromatic heterocycles. The van der Waals surface area contributed by atoms with Crippen LogP contribution in [0.4, 0.5) is 16.3 Å². The van der Waals surface area contributed by atoms with Crippen LogP contribution in [0.1, 0.15) is 5.56 Å². The minimum atomic E-state index is -0.312. The average molecular weight is 281 g/mol. The third-order valence-electron chi connectivity index (χ3n) is 2.63. The first-order valence-electron chi connectivity index (χ1n) is 6.48. The van der Waals surface area contributed by atoms with E-state index in [9.17, 15) is 4.79 Å². The Morgan fingerprint density at radius 2 is 2.10 bits per heavy atom. The molecule has 0 atom stereocenters. The second-order valence-corrected chi connectivity index (χ2v) is 4.22. The third-order valence-corrected chi connectivity index (χ3v) is 2.63. The number of aromatic nitrogens is 1. The van der Waals surface area contributed by atoms with Crippen molar-refractivity contribution >= 4 is 17.5 Å². The highest BCUT2D eigenvalue weighted by molar-refractivity contribution is 5.89. The average Bonchev–Trinajstić information content (AvgIpc) is 2.53. The molecule has 2 amide bonds. The number of urea groups is 1. The molecule has 1 heterocycles. The summed E-state index contributed by atoms with van der Waals surface area (Å²) in [6.45, 7) is 1.03. The van der Waals surface area contributed by atoms with Crippen LogP contribution in [-0.4, -0.2) is 24.1 Å². The van der Waals surface area contributed by atoms with Crippen LogP contribution < -0.4 is 16.0 Å². The molecule has 0 radical (unpaired) electrons. The van der Waals surface area contributed by atoms with Crippen LogP contribution in [0.2, 0.25) is 0 Å². The predicted octanol–water partition coefficient (Wildman–Crippen LogP) is 2.19. The van der Waals surface area contributed by atoms with Gasteiger partial charge in [0, 0.05) is 25.0 Å². The largest absolute Gasteiger partial charge is 0.368 e. The topological polar surface area (TPSA) is 89.8 Å². The first-order chi connectivity index (χ1) is 10.3. The molecule has 0 aliphatic rings. The van der Waals surface area contributed by atoms with E-state index in [1.165, 1.54) is 0 Å². The van der Waals surface area contributed by atoms with Crippen molar-refractivity contribution in [2.45, 2.75) is 0 Å². The van der Waals surface area contributed by atoms with Gasteiger partial charge in [0.1, 0.15) is 5.82 Å². The highest BCUT2D eigenvalue weighted by Gasteiger charge is 2.01. The summed E-state index contributed by atoms with van der Waals surface area (Å²) in [7, 11) is 0. The van der Waals surface area contributed by atoms with Gasteiger partial charge in [0.25, 0.3) is 0 Å². The summed E-state index contributed by atoms with van der Waals surface area (Å²) < 4.78 is 0. The van der Waals surface area contributed by atoms with Crippen molar-refractivity contribution in [3.63, 3.8) is 0 Å². The molecule has 2 rings (SSSR count). The van der Waals surface area contributed by atoms with Crippen molar-refractivity contribution in [3.8, 4) is 6.07 Å². The van der Waals surface area contributed by atoms with Crippen LogP contribution in [0.15, 0.2) is 48.7 Å².